The SMILES string of the molecule is CC(O)CCC1CCN(Cc2ccc(F)cc2)CC1. The van der Waals surface area contributed by atoms with E-state index in [1.807, 2.05) is 19.1 Å². The molecule has 1 fully saturated rings. The third kappa shape index (κ3) is 4.92. The molecule has 0 amide bonds. The van der Waals surface area contributed by atoms with Crippen LogP contribution >= 0.6 is 0 Å². The van der Waals surface area contributed by atoms with Crippen LogP contribution in [0, 0.1) is 11.7 Å². The van der Waals surface area contributed by atoms with Gasteiger partial charge in [-0.3, -0.25) is 4.90 Å². The highest BCUT2D eigenvalue weighted by Crippen LogP contribution is 2.23. The molecule has 0 bridgehead atoms. The predicted octanol–water partition coefficient (Wildman–Crippen LogP) is 3.20. The van der Waals surface area contributed by atoms with Crippen LogP contribution in [0.25, 0.3) is 0 Å². The molecule has 106 valence electrons. The van der Waals surface area contributed by atoms with E-state index < -0.39 is 0 Å². The first-order valence-electron chi connectivity index (χ1n) is 7.28. The molecule has 1 atom stereocenters. The second-order valence-corrected chi connectivity index (χ2v) is 5.77. The summed E-state index contributed by atoms with van der Waals surface area (Å²) < 4.78 is 12.8. The topological polar surface area (TPSA) is 23.5 Å². The summed E-state index contributed by atoms with van der Waals surface area (Å²) in [5, 5.41) is 9.31. The molecule has 1 aliphatic heterocycles. The van der Waals surface area contributed by atoms with Crippen LogP contribution < -0.4 is 0 Å². The van der Waals surface area contributed by atoms with Gasteiger partial charge in [-0.15, -0.1) is 0 Å². The van der Waals surface area contributed by atoms with Crippen molar-refractivity contribution in [3.05, 3.63) is 35.6 Å². The molecule has 0 radical (unpaired) electrons. The standard InChI is InChI=1S/C16H24FNO/c1-13(19)2-3-14-8-10-18(11-9-14)12-15-4-6-16(17)7-5-15/h4-7,13-14,19H,2-3,8-12H2,1H3. The molecule has 1 aromatic rings. The Bertz CT molecular complexity index is 369. The molecule has 1 aromatic carbocycles. The number of hydrogen-bond donors (Lipinski definition) is 1. The van der Waals surface area contributed by atoms with Gasteiger partial charge in [0.05, 0.1) is 6.10 Å². The van der Waals surface area contributed by atoms with E-state index in [9.17, 15) is 9.50 Å². The number of aliphatic hydroxyl groups is 1. The van der Waals surface area contributed by atoms with Gasteiger partial charge >= 0.3 is 0 Å². The highest BCUT2D eigenvalue weighted by molar-refractivity contribution is 5.15. The Morgan fingerprint density at radius 2 is 1.89 bits per heavy atom. The molecule has 3 heteroatoms. The molecular weight excluding hydrogens is 241 g/mol. The number of piperidine rings is 1. The number of aliphatic hydroxyl groups excluding tert-OH is 1. The van der Waals surface area contributed by atoms with Crippen LogP contribution in [0.5, 0.6) is 0 Å². The summed E-state index contributed by atoms with van der Waals surface area (Å²) in [5.41, 5.74) is 1.18. The van der Waals surface area contributed by atoms with E-state index in [2.05, 4.69) is 4.90 Å². The summed E-state index contributed by atoms with van der Waals surface area (Å²) in [7, 11) is 0. The van der Waals surface area contributed by atoms with Gasteiger partial charge in [0.15, 0.2) is 0 Å². The molecule has 1 unspecified atom stereocenters. The van der Waals surface area contributed by atoms with Crippen LogP contribution in [0.3, 0.4) is 0 Å². The van der Waals surface area contributed by atoms with E-state index in [1.165, 1.54) is 30.5 Å². The van der Waals surface area contributed by atoms with Crippen molar-refractivity contribution in [3.8, 4) is 0 Å². The molecule has 0 saturated carbocycles. The van der Waals surface area contributed by atoms with Crippen molar-refractivity contribution >= 4 is 0 Å². The molecule has 2 nitrogen and oxygen atoms in total. The Labute approximate surface area is 115 Å². The summed E-state index contributed by atoms with van der Waals surface area (Å²) in [6, 6.07) is 6.80. The van der Waals surface area contributed by atoms with Crippen LogP contribution in [0.2, 0.25) is 0 Å². The van der Waals surface area contributed by atoms with Crippen LogP contribution in [0.4, 0.5) is 4.39 Å². The van der Waals surface area contributed by atoms with Gasteiger partial charge in [-0.2, -0.15) is 0 Å². The minimum atomic E-state index is -0.169. The Morgan fingerprint density at radius 1 is 1.26 bits per heavy atom. The summed E-state index contributed by atoms with van der Waals surface area (Å²) in [6.45, 7) is 5.01. The van der Waals surface area contributed by atoms with Gasteiger partial charge in [0, 0.05) is 6.54 Å². The van der Waals surface area contributed by atoms with Crippen molar-refractivity contribution in [3.63, 3.8) is 0 Å². The number of benzene rings is 1. The molecule has 2 rings (SSSR count). The zero-order valence-electron chi connectivity index (χ0n) is 11.7. The fourth-order valence-electron chi connectivity index (χ4n) is 2.76. The van der Waals surface area contributed by atoms with Gasteiger partial charge in [0.1, 0.15) is 5.82 Å². The Kier molecular flexibility index (Phi) is 5.34. The van der Waals surface area contributed by atoms with Crippen molar-refractivity contribution in [1.29, 1.82) is 0 Å². The monoisotopic (exact) mass is 265 g/mol. The number of likely N-dealkylation sites (tertiary alicyclic amines) is 1. The molecule has 1 N–H and O–H groups in total. The van der Waals surface area contributed by atoms with E-state index in [1.54, 1.807) is 0 Å². The number of rotatable bonds is 5. The third-order valence-electron chi connectivity index (χ3n) is 4.02. The molecule has 1 aliphatic rings. The Balaban J connectivity index is 1.72. The van der Waals surface area contributed by atoms with Gasteiger partial charge in [0.2, 0.25) is 0 Å². The first-order valence-corrected chi connectivity index (χ1v) is 7.28. The first-order chi connectivity index (χ1) is 9.13. The van der Waals surface area contributed by atoms with E-state index in [0.717, 1.165) is 38.4 Å². The summed E-state index contributed by atoms with van der Waals surface area (Å²) in [4.78, 5) is 2.44. The van der Waals surface area contributed by atoms with E-state index >= 15 is 0 Å². The van der Waals surface area contributed by atoms with E-state index in [0.29, 0.717) is 0 Å². The van der Waals surface area contributed by atoms with Gasteiger partial charge < -0.3 is 5.11 Å². The number of halogens is 1. The Hall–Kier alpha value is -0.930. The summed E-state index contributed by atoms with van der Waals surface area (Å²) in [5.74, 6) is 0.597. The van der Waals surface area contributed by atoms with Crippen molar-refractivity contribution in [1.82, 2.24) is 4.90 Å². The largest absolute Gasteiger partial charge is 0.393 e. The smallest absolute Gasteiger partial charge is 0.123 e. The minimum absolute atomic E-state index is 0.166. The van der Waals surface area contributed by atoms with Gasteiger partial charge in [-0.05, 0) is 69.3 Å². The second-order valence-electron chi connectivity index (χ2n) is 5.77. The molecule has 19 heavy (non-hydrogen) atoms. The summed E-state index contributed by atoms with van der Waals surface area (Å²) >= 11 is 0. The number of hydrogen-bond acceptors (Lipinski definition) is 2. The molecule has 0 aliphatic carbocycles. The fraction of sp³-hybridized carbons (Fsp3) is 0.625. The lowest BCUT2D eigenvalue weighted by molar-refractivity contribution is 0.141. The van der Waals surface area contributed by atoms with Crippen LogP contribution in [-0.4, -0.2) is 29.2 Å². The predicted molar refractivity (Wildman–Crippen MR) is 75.3 cm³/mol. The van der Waals surface area contributed by atoms with Crippen LogP contribution in [0.1, 0.15) is 38.2 Å². The molecular formula is C16H24FNO. The number of nitrogens with zero attached hydrogens (tertiary/aromatic N) is 1. The van der Waals surface area contributed by atoms with Crippen molar-refractivity contribution in [2.24, 2.45) is 5.92 Å². The Morgan fingerprint density at radius 3 is 2.47 bits per heavy atom. The van der Waals surface area contributed by atoms with Crippen LogP contribution in [0.15, 0.2) is 24.3 Å². The maximum atomic E-state index is 12.8. The van der Waals surface area contributed by atoms with Crippen LogP contribution in [-0.2, 0) is 6.54 Å². The van der Waals surface area contributed by atoms with Gasteiger partial charge in [-0.25, -0.2) is 4.39 Å². The quantitative estimate of drug-likeness (QED) is 0.883. The second kappa shape index (κ2) is 7.01. The zero-order chi connectivity index (χ0) is 13.7. The molecule has 0 aromatic heterocycles. The zero-order valence-corrected chi connectivity index (χ0v) is 11.7. The van der Waals surface area contributed by atoms with E-state index in [-0.39, 0.29) is 11.9 Å². The molecule has 0 spiro atoms. The normalized spacial score (nSPS) is 19.5. The lowest BCUT2D eigenvalue weighted by Gasteiger charge is -2.32. The molecule has 1 heterocycles. The maximum absolute atomic E-state index is 12.8. The highest BCUT2D eigenvalue weighted by atomic mass is 19.1. The van der Waals surface area contributed by atoms with Crippen molar-refractivity contribution in [2.45, 2.75) is 45.3 Å². The highest BCUT2D eigenvalue weighted by Gasteiger charge is 2.19. The lowest BCUT2D eigenvalue weighted by atomic mass is 9.91. The van der Waals surface area contributed by atoms with E-state index in [4.69, 9.17) is 0 Å². The van der Waals surface area contributed by atoms with Gasteiger partial charge in [-0.1, -0.05) is 12.1 Å². The molecule has 1 saturated heterocycles. The first kappa shape index (κ1) is 14.5. The average Bonchev–Trinajstić information content (AvgIpc) is 2.40. The minimum Gasteiger partial charge on any atom is -0.393 e. The third-order valence-corrected chi connectivity index (χ3v) is 4.02. The van der Waals surface area contributed by atoms with Crippen molar-refractivity contribution in [2.75, 3.05) is 13.1 Å². The average molecular weight is 265 g/mol. The van der Waals surface area contributed by atoms with Gasteiger partial charge in [0.25, 0.3) is 0 Å². The lowest BCUT2D eigenvalue weighted by Crippen LogP contribution is -2.33. The van der Waals surface area contributed by atoms with Crippen molar-refractivity contribution < 1.29 is 9.50 Å². The maximum Gasteiger partial charge on any atom is 0.123 e. The summed E-state index contributed by atoms with van der Waals surface area (Å²) in [6.07, 6.45) is 4.32. The fourth-order valence-corrected chi connectivity index (χ4v) is 2.76.